The van der Waals surface area contributed by atoms with Crippen LogP contribution in [0.4, 0.5) is 4.79 Å². The molecule has 3 aliphatic rings. The first-order valence-electron chi connectivity index (χ1n) is 9.76. The van der Waals surface area contributed by atoms with Gasteiger partial charge in [0.15, 0.2) is 0 Å². The maximum Gasteiger partial charge on any atom is 0.315 e. The monoisotopic (exact) mass is 338 g/mol. The molecule has 24 heavy (non-hydrogen) atoms. The lowest BCUT2D eigenvalue weighted by Gasteiger charge is -2.35. The molecule has 0 aromatic heterocycles. The smallest absolute Gasteiger partial charge is 0.315 e. The van der Waals surface area contributed by atoms with Crippen molar-refractivity contribution < 1.29 is 9.53 Å². The van der Waals surface area contributed by atoms with Crippen LogP contribution in [-0.2, 0) is 4.74 Å². The lowest BCUT2D eigenvalue weighted by Crippen LogP contribution is -2.49. The van der Waals surface area contributed by atoms with Gasteiger partial charge in [-0.15, -0.1) is 0 Å². The Balaban J connectivity index is 1.30. The summed E-state index contributed by atoms with van der Waals surface area (Å²) in [7, 11) is 0. The minimum absolute atomic E-state index is 0.0115. The van der Waals surface area contributed by atoms with Gasteiger partial charge in [0.2, 0.25) is 0 Å². The summed E-state index contributed by atoms with van der Waals surface area (Å²) in [4.78, 5) is 17.1. The Morgan fingerprint density at radius 3 is 2.50 bits per heavy atom. The molecule has 6 heteroatoms. The highest BCUT2D eigenvalue weighted by molar-refractivity contribution is 5.74. The molecule has 0 bridgehead atoms. The van der Waals surface area contributed by atoms with E-state index in [2.05, 4.69) is 34.3 Å². The summed E-state index contributed by atoms with van der Waals surface area (Å²) < 4.78 is 5.74. The lowest BCUT2D eigenvalue weighted by molar-refractivity contribution is -0.0672. The first kappa shape index (κ1) is 18.0. The summed E-state index contributed by atoms with van der Waals surface area (Å²) in [6.45, 7) is 9.88. The Morgan fingerprint density at radius 1 is 1.08 bits per heavy atom. The second kappa shape index (κ2) is 8.50. The Labute approximate surface area is 146 Å². The van der Waals surface area contributed by atoms with Crippen molar-refractivity contribution in [3.8, 4) is 0 Å². The van der Waals surface area contributed by atoms with Crippen molar-refractivity contribution in [2.45, 2.75) is 70.2 Å². The molecule has 0 radical (unpaired) electrons. The maximum atomic E-state index is 12.1. The zero-order valence-electron chi connectivity index (χ0n) is 15.3. The second-order valence-corrected chi connectivity index (χ2v) is 7.84. The number of nitrogens with zero attached hydrogens (tertiary/aromatic N) is 2. The Bertz CT molecular complexity index is 404. The Kier molecular flexibility index (Phi) is 6.36. The molecule has 1 aliphatic carbocycles. The minimum atomic E-state index is -0.0115. The molecule has 2 N–H and O–H groups in total. The number of amides is 2. The summed E-state index contributed by atoms with van der Waals surface area (Å²) in [5.41, 5.74) is 0. The SMILES string of the molecule is C[C@@H]1CN(CCNC(=O)N[C@@H]2CCN(C3CCCC3)C2)C[C@H](C)O1. The molecular formula is C18H34N4O2. The van der Waals surface area contributed by atoms with Gasteiger partial charge >= 0.3 is 6.03 Å². The number of hydrogen-bond acceptors (Lipinski definition) is 4. The van der Waals surface area contributed by atoms with E-state index in [-0.39, 0.29) is 18.2 Å². The van der Waals surface area contributed by atoms with Crippen LogP contribution >= 0.6 is 0 Å². The van der Waals surface area contributed by atoms with E-state index < -0.39 is 0 Å². The largest absolute Gasteiger partial charge is 0.373 e. The fourth-order valence-electron chi connectivity index (χ4n) is 4.54. The second-order valence-electron chi connectivity index (χ2n) is 7.84. The number of urea groups is 1. The van der Waals surface area contributed by atoms with E-state index in [0.717, 1.165) is 45.2 Å². The van der Waals surface area contributed by atoms with Crippen LogP contribution in [0.5, 0.6) is 0 Å². The highest BCUT2D eigenvalue weighted by Gasteiger charge is 2.30. The third-order valence-electron chi connectivity index (χ3n) is 5.60. The molecule has 3 fully saturated rings. The topological polar surface area (TPSA) is 56.8 Å². The molecule has 0 aromatic rings. The van der Waals surface area contributed by atoms with E-state index in [1.54, 1.807) is 0 Å². The van der Waals surface area contributed by atoms with Crippen LogP contribution in [0.1, 0.15) is 46.0 Å². The zero-order chi connectivity index (χ0) is 16.9. The van der Waals surface area contributed by atoms with Crippen molar-refractivity contribution in [1.82, 2.24) is 20.4 Å². The number of morpholine rings is 1. The summed E-state index contributed by atoms with van der Waals surface area (Å²) >= 11 is 0. The Morgan fingerprint density at radius 2 is 1.79 bits per heavy atom. The summed E-state index contributed by atoms with van der Waals surface area (Å²) in [5, 5.41) is 6.17. The number of likely N-dealkylation sites (tertiary alicyclic amines) is 1. The number of ether oxygens (including phenoxy) is 1. The zero-order valence-corrected chi connectivity index (χ0v) is 15.3. The van der Waals surface area contributed by atoms with Crippen LogP contribution in [0, 0.1) is 0 Å². The van der Waals surface area contributed by atoms with Gasteiger partial charge in [-0.05, 0) is 33.1 Å². The van der Waals surface area contributed by atoms with Crippen LogP contribution < -0.4 is 10.6 Å². The fraction of sp³-hybridized carbons (Fsp3) is 0.944. The molecule has 1 saturated carbocycles. The predicted octanol–water partition coefficient (Wildman–Crippen LogP) is 1.41. The lowest BCUT2D eigenvalue weighted by atomic mass is 10.2. The van der Waals surface area contributed by atoms with E-state index in [4.69, 9.17) is 4.74 Å². The number of carbonyl (C=O) groups excluding carboxylic acids is 1. The molecule has 2 aliphatic heterocycles. The quantitative estimate of drug-likeness (QED) is 0.796. The predicted molar refractivity (Wildman–Crippen MR) is 95.2 cm³/mol. The average molecular weight is 338 g/mol. The van der Waals surface area contributed by atoms with Crippen LogP contribution in [0.2, 0.25) is 0 Å². The molecule has 138 valence electrons. The van der Waals surface area contributed by atoms with Crippen molar-refractivity contribution in [2.75, 3.05) is 39.3 Å². The normalized spacial score (nSPS) is 33.0. The molecule has 3 atom stereocenters. The first-order valence-corrected chi connectivity index (χ1v) is 9.76. The standard InChI is InChI=1S/C18H34N4O2/c1-14-11-21(12-15(2)24-14)10-8-19-18(23)20-16-7-9-22(13-16)17-5-3-4-6-17/h14-17H,3-13H2,1-2H3,(H2,19,20,23)/t14-,15+,16-/m1/s1. The molecule has 0 spiro atoms. The van der Waals surface area contributed by atoms with E-state index in [1.165, 1.54) is 25.7 Å². The van der Waals surface area contributed by atoms with E-state index >= 15 is 0 Å². The molecule has 2 saturated heterocycles. The van der Waals surface area contributed by atoms with E-state index in [1.807, 2.05) is 0 Å². The van der Waals surface area contributed by atoms with Gasteiger partial charge < -0.3 is 15.4 Å². The average Bonchev–Trinajstić information content (AvgIpc) is 3.16. The van der Waals surface area contributed by atoms with Crippen molar-refractivity contribution in [3.05, 3.63) is 0 Å². The van der Waals surface area contributed by atoms with Gasteiger partial charge in [0.05, 0.1) is 12.2 Å². The summed E-state index contributed by atoms with van der Waals surface area (Å²) in [6.07, 6.45) is 7.08. The number of nitrogens with one attached hydrogen (secondary N) is 2. The van der Waals surface area contributed by atoms with Gasteiger partial charge in [0.25, 0.3) is 0 Å². The third kappa shape index (κ3) is 5.07. The fourth-order valence-corrected chi connectivity index (χ4v) is 4.54. The molecule has 0 aromatic carbocycles. The first-order chi connectivity index (χ1) is 11.6. The van der Waals surface area contributed by atoms with Gasteiger partial charge in [-0.1, -0.05) is 12.8 Å². The van der Waals surface area contributed by atoms with Crippen LogP contribution in [0.3, 0.4) is 0 Å². The molecular weight excluding hydrogens is 304 g/mol. The molecule has 2 amide bonds. The highest BCUT2D eigenvalue weighted by atomic mass is 16.5. The summed E-state index contributed by atoms with van der Waals surface area (Å²) in [5.74, 6) is 0. The van der Waals surface area contributed by atoms with E-state index in [0.29, 0.717) is 12.6 Å². The molecule has 6 nitrogen and oxygen atoms in total. The van der Waals surface area contributed by atoms with Crippen LogP contribution in [-0.4, -0.2) is 79.4 Å². The van der Waals surface area contributed by atoms with Crippen molar-refractivity contribution in [2.24, 2.45) is 0 Å². The number of hydrogen-bond donors (Lipinski definition) is 2. The molecule has 3 rings (SSSR count). The van der Waals surface area contributed by atoms with Gasteiger partial charge in [-0.25, -0.2) is 4.79 Å². The van der Waals surface area contributed by atoms with Gasteiger partial charge in [-0.2, -0.15) is 0 Å². The number of carbonyl (C=O) groups is 1. The van der Waals surface area contributed by atoms with Crippen molar-refractivity contribution >= 4 is 6.03 Å². The van der Waals surface area contributed by atoms with Crippen LogP contribution in [0.15, 0.2) is 0 Å². The molecule has 0 unspecified atom stereocenters. The van der Waals surface area contributed by atoms with Crippen molar-refractivity contribution in [1.29, 1.82) is 0 Å². The summed E-state index contributed by atoms with van der Waals surface area (Å²) in [6, 6.07) is 1.07. The van der Waals surface area contributed by atoms with Crippen LogP contribution in [0.25, 0.3) is 0 Å². The maximum absolute atomic E-state index is 12.1. The minimum Gasteiger partial charge on any atom is -0.373 e. The van der Waals surface area contributed by atoms with Gasteiger partial charge in [0.1, 0.15) is 0 Å². The van der Waals surface area contributed by atoms with Crippen molar-refractivity contribution in [3.63, 3.8) is 0 Å². The highest BCUT2D eigenvalue weighted by Crippen LogP contribution is 2.26. The Hall–Kier alpha value is -0.850. The number of rotatable bonds is 5. The van der Waals surface area contributed by atoms with Gasteiger partial charge in [-0.3, -0.25) is 9.80 Å². The third-order valence-corrected chi connectivity index (χ3v) is 5.60. The van der Waals surface area contributed by atoms with E-state index in [9.17, 15) is 4.79 Å². The molecule has 2 heterocycles. The van der Waals surface area contributed by atoms with Gasteiger partial charge in [0, 0.05) is 51.4 Å².